The summed E-state index contributed by atoms with van der Waals surface area (Å²) in [5, 5.41) is 37.9. The second kappa shape index (κ2) is 5.64. The zero-order chi connectivity index (χ0) is 13.1. The van der Waals surface area contributed by atoms with Crippen LogP contribution in [-0.2, 0) is 16.1 Å². The van der Waals surface area contributed by atoms with Crippen LogP contribution in [-0.4, -0.2) is 51.6 Å². The first-order chi connectivity index (χ1) is 8.59. The van der Waals surface area contributed by atoms with Crippen molar-refractivity contribution in [2.45, 2.75) is 31.2 Å². The lowest BCUT2D eigenvalue weighted by molar-refractivity contribution is -0.273. The van der Waals surface area contributed by atoms with Crippen LogP contribution >= 0.6 is 0 Å². The Morgan fingerprint density at radius 2 is 1.89 bits per heavy atom. The fourth-order valence-corrected chi connectivity index (χ4v) is 1.73. The van der Waals surface area contributed by atoms with Gasteiger partial charge in [-0.05, 0) is 6.07 Å². The molecular formula is C12H16O6. The fourth-order valence-electron chi connectivity index (χ4n) is 1.73. The van der Waals surface area contributed by atoms with Gasteiger partial charge in [-0.3, -0.25) is 0 Å². The number of hydrogen-bond donors (Lipinski definition) is 4. The summed E-state index contributed by atoms with van der Waals surface area (Å²) >= 11 is 0. The molecule has 4 N–H and O–H groups in total. The van der Waals surface area contributed by atoms with Gasteiger partial charge in [-0.15, -0.1) is 0 Å². The molecule has 1 aliphatic rings. The van der Waals surface area contributed by atoms with Crippen LogP contribution < -0.4 is 0 Å². The van der Waals surface area contributed by atoms with E-state index >= 15 is 0 Å². The van der Waals surface area contributed by atoms with Gasteiger partial charge in [-0.1, -0.05) is 18.2 Å². The summed E-state index contributed by atoms with van der Waals surface area (Å²) in [6.07, 6.45) is -4.76. The lowest BCUT2D eigenvalue weighted by Crippen LogP contribution is -2.53. The van der Waals surface area contributed by atoms with Crippen molar-refractivity contribution < 1.29 is 29.9 Å². The highest BCUT2D eigenvalue weighted by Crippen LogP contribution is 2.21. The summed E-state index contributed by atoms with van der Waals surface area (Å²) in [6, 6.07) is 6.63. The third kappa shape index (κ3) is 2.80. The summed E-state index contributed by atoms with van der Waals surface area (Å²) < 4.78 is 10.3. The van der Waals surface area contributed by atoms with E-state index in [2.05, 4.69) is 0 Å². The maximum Gasteiger partial charge on any atom is 0.186 e. The van der Waals surface area contributed by atoms with E-state index in [0.717, 1.165) is 0 Å². The first-order valence-electron chi connectivity index (χ1n) is 5.64. The van der Waals surface area contributed by atoms with Crippen molar-refractivity contribution >= 4 is 0 Å². The van der Waals surface area contributed by atoms with Crippen LogP contribution in [0.2, 0.25) is 0 Å². The molecule has 1 aromatic rings. The van der Waals surface area contributed by atoms with E-state index in [4.69, 9.17) is 9.47 Å². The van der Waals surface area contributed by atoms with E-state index in [1.807, 2.05) is 0 Å². The van der Waals surface area contributed by atoms with E-state index in [9.17, 15) is 20.4 Å². The molecule has 0 unspecified atom stereocenters. The van der Waals surface area contributed by atoms with E-state index in [1.165, 1.54) is 6.07 Å². The predicted octanol–water partition coefficient (Wildman–Crippen LogP) is -0.652. The molecule has 1 fully saturated rings. The van der Waals surface area contributed by atoms with Crippen molar-refractivity contribution in [3.05, 3.63) is 29.8 Å². The van der Waals surface area contributed by atoms with Crippen molar-refractivity contribution in [3.63, 3.8) is 0 Å². The Balaban J connectivity index is 1.93. The average Bonchev–Trinajstić information content (AvgIpc) is 2.37. The summed E-state index contributed by atoms with van der Waals surface area (Å²) in [7, 11) is 0. The maximum absolute atomic E-state index is 9.63. The highest BCUT2D eigenvalue weighted by molar-refractivity contribution is 5.30. The Kier molecular flexibility index (Phi) is 4.15. The number of para-hydroxylation sites is 1. The molecule has 0 aromatic heterocycles. The molecule has 4 atom stereocenters. The van der Waals surface area contributed by atoms with Crippen molar-refractivity contribution in [2.24, 2.45) is 0 Å². The van der Waals surface area contributed by atoms with Gasteiger partial charge in [0.1, 0.15) is 24.1 Å². The molecule has 100 valence electrons. The van der Waals surface area contributed by atoms with Crippen LogP contribution in [0.3, 0.4) is 0 Å². The van der Waals surface area contributed by atoms with E-state index in [0.29, 0.717) is 5.56 Å². The summed E-state index contributed by atoms with van der Waals surface area (Å²) in [6.45, 7) is -0.0686. The van der Waals surface area contributed by atoms with Crippen LogP contribution in [0.15, 0.2) is 24.3 Å². The first kappa shape index (κ1) is 13.3. The molecule has 1 aliphatic heterocycles. The zero-order valence-electron chi connectivity index (χ0n) is 9.64. The lowest BCUT2D eigenvalue weighted by Gasteiger charge is -2.34. The Morgan fingerprint density at radius 3 is 2.61 bits per heavy atom. The van der Waals surface area contributed by atoms with Crippen LogP contribution in [0, 0.1) is 0 Å². The Labute approximate surface area is 104 Å². The van der Waals surface area contributed by atoms with Gasteiger partial charge in [0.15, 0.2) is 6.29 Å². The molecule has 2 rings (SSSR count). The highest BCUT2D eigenvalue weighted by Gasteiger charge is 2.38. The Morgan fingerprint density at radius 1 is 1.17 bits per heavy atom. The molecule has 0 radical (unpaired) electrons. The first-order valence-corrected chi connectivity index (χ1v) is 5.64. The zero-order valence-corrected chi connectivity index (χ0v) is 9.64. The minimum absolute atomic E-state index is 0.0389. The van der Waals surface area contributed by atoms with Crippen molar-refractivity contribution in [1.82, 2.24) is 0 Å². The van der Waals surface area contributed by atoms with Gasteiger partial charge in [-0.25, -0.2) is 0 Å². The largest absolute Gasteiger partial charge is 0.508 e. The average molecular weight is 256 g/mol. The van der Waals surface area contributed by atoms with Gasteiger partial charge in [0, 0.05) is 5.56 Å². The standard InChI is InChI=1S/C12H16O6/c13-8-4-2-1-3-7(8)5-17-12-11(16)10(15)9(14)6-18-12/h1-4,9-16H,5-6H2/t9-,10+,11-,12-/m1/s1. The number of aliphatic hydroxyl groups excluding tert-OH is 3. The quantitative estimate of drug-likeness (QED) is 0.573. The van der Waals surface area contributed by atoms with Gasteiger partial charge < -0.3 is 29.9 Å². The number of aliphatic hydroxyl groups is 3. The molecule has 1 heterocycles. The number of aromatic hydroxyl groups is 1. The van der Waals surface area contributed by atoms with E-state index in [-0.39, 0.29) is 19.0 Å². The molecule has 1 aromatic carbocycles. The SMILES string of the molecule is Oc1ccccc1CO[C@@H]1OC[C@@H](O)[C@H](O)[C@H]1O. The summed E-state index contributed by atoms with van der Waals surface area (Å²) in [5.41, 5.74) is 0.550. The van der Waals surface area contributed by atoms with E-state index < -0.39 is 24.6 Å². The number of ether oxygens (including phenoxy) is 2. The van der Waals surface area contributed by atoms with Gasteiger partial charge in [0.2, 0.25) is 0 Å². The summed E-state index contributed by atoms with van der Waals surface area (Å²) in [4.78, 5) is 0. The molecule has 6 heteroatoms. The molecule has 6 nitrogen and oxygen atoms in total. The fraction of sp³-hybridized carbons (Fsp3) is 0.500. The highest BCUT2D eigenvalue weighted by atomic mass is 16.7. The van der Waals surface area contributed by atoms with Crippen LogP contribution in [0.4, 0.5) is 0 Å². The molecule has 0 aliphatic carbocycles. The van der Waals surface area contributed by atoms with Gasteiger partial charge in [0.25, 0.3) is 0 Å². The van der Waals surface area contributed by atoms with Gasteiger partial charge >= 0.3 is 0 Å². The van der Waals surface area contributed by atoms with Crippen LogP contribution in [0.5, 0.6) is 5.75 Å². The molecule has 0 saturated carbocycles. The van der Waals surface area contributed by atoms with Gasteiger partial charge in [0.05, 0.1) is 13.2 Å². The smallest absolute Gasteiger partial charge is 0.186 e. The minimum Gasteiger partial charge on any atom is -0.508 e. The lowest BCUT2D eigenvalue weighted by atomic mass is 10.1. The molecule has 1 saturated heterocycles. The number of hydrogen-bond acceptors (Lipinski definition) is 6. The number of phenols is 1. The molecular weight excluding hydrogens is 240 g/mol. The van der Waals surface area contributed by atoms with Crippen LogP contribution in [0.25, 0.3) is 0 Å². The molecule has 0 bridgehead atoms. The summed E-state index contributed by atoms with van der Waals surface area (Å²) in [5.74, 6) is 0.0865. The third-order valence-corrected chi connectivity index (χ3v) is 2.85. The molecule has 0 spiro atoms. The van der Waals surface area contributed by atoms with E-state index in [1.54, 1.807) is 18.2 Å². The Hall–Kier alpha value is -1.18. The molecule has 18 heavy (non-hydrogen) atoms. The monoisotopic (exact) mass is 256 g/mol. The maximum atomic E-state index is 9.63. The van der Waals surface area contributed by atoms with Crippen molar-refractivity contribution in [3.8, 4) is 5.75 Å². The van der Waals surface area contributed by atoms with Gasteiger partial charge in [-0.2, -0.15) is 0 Å². The van der Waals surface area contributed by atoms with Crippen molar-refractivity contribution in [2.75, 3.05) is 6.61 Å². The number of benzene rings is 1. The van der Waals surface area contributed by atoms with Crippen LogP contribution in [0.1, 0.15) is 5.56 Å². The predicted molar refractivity (Wildman–Crippen MR) is 60.7 cm³/mol. The number of phenolic OH excluding ortho intramolecular Hbond substituents is 1. The second-order valence-corrected chi connectivity index (χ2v) is 4.19. The normalized spacial score (nSPS) is 32.4. The molecule has 0 amide bonds. The minimum atomic E-state index is -1.32. The topological polar surface area (TPSA) is 99.4 Å². The van der Waals surface area contributed by atoms with Crippen molar-refractivity contribution in [1.29, 1.82) is 0 Å². The third-order valence-electron chi connectivity index (χ3n) is 2.85. The Bertz CT molecular complexity index is 396. The number of rotatable bonds is 3. The second-order valence-electron chi connectivity index (χ2n) is 4.19.